The number of fused-ring (bicyclic) bond motifs is 6. The van der Waals surface area contributed by atoms with E-state index in [1.165, 1.54) is 80.4 Å². The Morgan fingerprint density at radius 1 is 0.300 bits per heavy atom. The van der Waals surface area contributed by atoms with E-state index < -0.39 is 0 Å². The third-order valence-corrected chi connectivity index (χ3v) is 11.1. The molecule has 0 N–H and O–H groups in total. The van der Waals surface area contributed by atoms with E-state index in [0.717, 1.165) is 11.4 Å². The summed E-state index contributed by atoms with van der Waals surface area (Å²) in [5.41, 5.74) is 8.36. The average molecular weight is 654 g/mol. The van der Waals surface area contributed by atoms with Crippen molar-refractivity contribution in [1.29, 1.82) is 0 Å². The summed E-state index contributed by atoms with van der Waals surface area (Å²) in [5.74, 6) is 0. The van der Waals surface area contributed by atoms with E-state index in [-0.39, 0.29) is 0 Å². The molecule has 1 heterocycles. The highest BCUT2D eigenvalue weighted by Gasteiger charge is 2.18. The van der Waals surface area contributed by atoms with Gasteiger partial charge in [-0.2, -0.15) is 0 Å². The standard InChI is InChI=1S/C48H31NS/c1-2-9-32(10-3-1)36-20-17-33-18-21-37(28-39(33)27-36)38-22-19-34-23-24-41(30-40(34)29-38)49(46-15-8-12-35-11-4-5-13-43(35)46)42-25-26-48-45(31-42)44-14-6-7-16-47(44)50-48/h1-31H. The fraction of sp³-hybridized carbons (Fsp3) is 0. The van der Waals surface area contributed by atoms with E-state index in [4.69, 9.17) is 0 Å². The minimum Gasteiger partial charge on any atom is -0.310 e. The van der Waals surface area contributed by atoms with Crippen LogP contribution in [0.1, 0.15) is 0 Å². The highest BCUT2D eigenvalue weighted by molar-refractivity contribution is 7.25. The quantitative estimate of drug-likeness (QED) is 0.179. The molecular weight excluding hydrogens is 623 g/mol. The fourth-order valence-corrected chi connectivity index (χ4v) is 8.56. The summed E-state index contributed by atoms with van der Waals surface area (Å²) >= 11 is 1.86. The van der Waals surface area contributed by atoms with Gasteiger partial charge >= 0.3 is 0 Å². The van der Waals surface area contributed by atoms with Crippen LogP contribution < -0.4 is 4.90 Å². The molecule has 2 heteroatoms. The molecule has 10 aromatic rings. The van der Waals surface area contributed by atoms with Crippen LogP contribution in [0.5, 0.6) is 0 Å². The van der Waals surface area contributed by atoms with Crippen LogP contribution in [0.3, 0.4) is 0 Å². The van der Waals surface area contributed by atoms with Crippen molar-refractivity contribution in [2.75, 3.05) is 4.90 Å². The van der Waals surface area contributed by atoms with Gasteiger partial charge < -0.3 is 4.90 Å². The van der Waals surface area contributed by atoms with E-state index in [1.807, 2.05) is 11.3 Å². The first-order chi connectivity index (χ1) is 24.7. The van der Waals surface area contributed by atoms with Crippen molar-refractivity contribution in [3.63, 3.8) is 0 Å². The van der Waals surface area contributed by atoms with Crippen molar-refractivity contribution < 1.29 is 0 Å². The normalized spacial score (nSPS) is 11.6. The molecule has 1 aromatic heterocycles. The predicted octanol–water partition coefficient (Wildman–Crippen LogP) is 14.3. The van der Waals surface area contributed by atoms with E-state index in [9.17, 15) is 0 Å². The molecule has 0 amide bonds. The maximum Gasteiger partial charge on any atom is 0.0540 e. The Kier molecular flexibility index (Phi) is 6.75. The smallest absolute Gasteiger partial charge is 0.0540 e. The Hall–Kier alpha value is -6.22. The molecule has 0 unspecified atom stereocenters. The van der Waals surface area contributed by atoms with E-state index >= 15 is 0 Å². The van der Waals surface area contributed by atoms with Gasteiger partial charge in [0.15, 0.2) is 0 Å². The second-order valence-electron chi connectivity index (χ2n) is 13.0. The number of hydrogen-bond acceptors (Lipinski definition) is 2. The number of benzene rings is 9. The second-order valence-corrected chi connectivity index (χ2v) is 14.1. The summed E-state index contributed by atoms with van der Waals surface area (Å²) < 4.78 is 2.63. The lowest BCUT2D eigenvalue weighted by Crippen LogP contribution is -2.10. The Morgan fingerprint density at radius 3 is 1.64 bits per heavy atom. The van der Waals surface area contributed by atoms with E-state index in [1.54, 1.807) is 0 Å². The lowest BCUT2D eigenvalue weighted by Gasteiger charge is -2.27. The maximum atomic E-state index is 2.43. The first-order valence-electron chi connectivity index (χ1n) is 17.1. The van der Waals surface area contributed by atoms with Crippen LogP contribution in [0.4, 0.5) is 17.1 Å². The maximum absolute atomic E-state index is 2.43. The zero-order chi connectivity index (χ0) is 33.0. The van der Waals surface area contributed by atoms with Gasteiger partial charge in [-0.3, -0.25) is 0 Å². The molecule has 0 fully saturated rings. The molecule has 1 nitrogen and oxygen atoms in total. The lowest BCUT2D eigenvalue weighted by molar-refractivity contribution is 1.31. The molecule has 0 saturated heterocycles. The molecule has 10 rings (SSSR count). The molecule has 0 atom stereocenters. The van der Waals surface area contributed by atoms with Gasteiger partial charge in [0.25, 0.3) is 0 Å². The van der Waals surface area contributed by atoms with Crippen molar-refractivity contribution in [3.05, 3.63) is 188 Å². The van der Waals surface area contributed by atoms with Crippen molar-refractivity contribution in [2.45, 2.75) is 0 Å². The minimum atomic E-state index is 1.14. The van der Waals surface area contributed by atoms with Gasteiger partial charge in [0.2, 0.25) is 0 Å². The largest absolute Gasteiger partial charge is 0.310 e. The Balaban J connectivity index is 1.12. The first kappa shape index (κ1) is 28.8. The number of hydrogen-bond donors (Lipinski definition) is 0. The van der Waals surface area contributed by atoms with Crippen LogP contribution in [-0.4, -0.2) is 0 Å². The Bertz CT molecular complexity index is 2880. The zero-order valence-electron chi connectivity index (χ0n) is 27.3. The van der Waals surface area contributed by atoms with Crippen LogP contribution in [0.15, 0.2) is 188 Å². The first-order valence-corrected chi connectivity index (χ1v) is 17.9. The average Bonchev–Trinajstić information content (AvgIpc) is 3.56. The SMILES string of the molecule is c1ccc(-c2ccc3ccc(-c4ccc5ccc(N(c6ccc7sc8ccccc8c7c6)c6cccc7ccccc67)cc5c4)cc3c2)cc1. The topological polar surface area (TPSA) is 3.24 Å². The van der Waals surface area contributed by atoms with Gasteiger partial charge in [0.1, 0.15) is 0 Å². The number of rotatable bonds is 5. The van der Waals surface area contributed by atoms with Crippen molar-refractivity contribution >= 4 is 80.9 Å². The second kappa shape index (κ2) is 11.7. The molecule has 50 heavy (non-hydrogen) atoms. The Morgan fingerprint density at radius 2 is 0.860 bits per heavy atom. The monoisotopic (exact) mass is 653 g/mol. The summed E-state index contributed by atoms with van der Waals surface area (Å²) in [4.78, 5) is 2.43. The zero-order valence-corrected chi connectivity index (χ0v) is 28.1. The van der Waals surface area contributed by atoms with Gasteiger partial charge in [-0.15, -0.1) is 11.3 Å². The molecule has 9 aromatic carbocycles. The van der Waals surface area contributed by atoms with Crippen LogP contribution in [0.2, 0.25) is 0 Å². The molecule has 0 aliphatic carbocycles. The van der Waals surface area contributed by atoms with Crippen molar-refractivity contribution in [1.82, 2.24) is 0 Å². The fourth-order valence-electron chi connectivity index (χ4n) is 7.47. The molecular formula is C48H31NS. The van der Waals surface area contributed by atoms with Crippen LogP contribution >= 0.6 is 11.3 Å². The molecule has 234 valence electrons. The Labute approximate surface area is 294 Å². The third-order valence-electron chi connectivity index (χ3n) is 9.99. The van der Waals surface area contributed by atoms with Crippen molar-refractivity contribution in [2.24, 2.45) is 0 Å². The summed E-state index contributed by atoms with van der Waals surface area (Å²) in [6, 6.07) is 68.9. The number of nitrogens with zero attached hydrogens (tertiary/aromatic N) is 1. The summed E-state index contributed by atoms with van der Waals surface area (Å²) in [7, 11) is 0. The van der Waals surface area contributed by atoms with Crippen molar-refractivity contribution in [3.8, 4) is 22.3 Å². The molecule has 0 aliphatic heterocycles. The molecule has 0 bridgehead atoms. The molecule has 0 saturated carbocycles. The predicted molar refractivity (Wildman–Crippen MR) is 217 cm³/mol. The summed E-state index contributed by atoms with van der Waals surface area (Å²) in [5, 5.41) is 9.99. The van der Waals surface area contributed by atoms with Crippen LogP contribution in [0, 0.1) is 0 Å². The number of anilines is 3. The minimum absolute atomic E-state index is 1.14. The molecule has 0 radical (unpaired) electrons. The van der Waals surface area contributed by atoms with Crippen LogP contribution in [0.25, 0.3) is 74.7 Å². The van der Waals surface area contributed by atoms with Gasteiger partial charge in [-0.25, -0.2) is 0 Å². The van der Waals surface area contributed by atoms with Crippen LogP contribution in [-0.2, 0) is 0 Å². The summed E-state index contributed by atoms with van der Waals surface area (Å²) in [6.45, 7) is 0. The van der Waals surface area contributed by atoms with Gasteiger partial charge in [0, 0.05) is 36.9 Å². The highest BCUT2D eigenvalue weighted by Crippen LogP contribution is 2.43. The molecule has 0 aliphatic rings. The van der Waals surface area contributed by atoms with Gasteiger partial charge in [-0.05, 0) is 110 Å². The summed E-state index contributed by atoms with van der Waals surface area (Å²) in [6.07, 6.45) is 0. The van der Waals surface area contributed by atoms with Gasteiger partial charge in [0.05, 0.1) is 5.69 Å². The molecule has 0 spiro atoms. The number of thiophene rings is 1. The highest BCUT2D eigenvalue weighted by atomic mass is 32.1. The third kappa shape index (κ3) is 4.92. The van der Waals surface area contributed by atoms with E-state index in [0.29, 0.717) is 0 Å². The van der Waals surface area contributed by atoms with Gasteiger partial charge in [-0.1, -0.05) is 127 Å². The van der Waals surface area contributed by atoms with E-state index in [2.05, 4.69) is 193 Å². The lowest BCUT2D eigenvalue weighted by atomic mass is 9.96.